The zero-order chi connectivity index (χ0) is 13.8. The fourth-order valence-electron chi connectivity index (χ4n) is 1.97. The minimum Gasteiger partial charge on any atom is -0.508 e. The van der Waals surface area contributed by atoms with Gasteiger partial charge in [0.05, 0.1) is 13.5 Å². The van der Waals surface area contributed by atoms with Gasteiger partial charge in [0.2, 0.25) is 0 Å². The van der Waals surface area contributed by atoms with Crippen LogP contribution in [0.25, 0.3) is 11.1 Å². The van der Waals surface area contributed by atoms with Crippen molar-refractivity contribution in [1.29, 1.82) is 0 Å². The summed E-state index contributed by atoms with van der Waals surface area (Å²) in [5, 5.41) is 19.5. The van der Waals surface area contributed by atoms with Gasteiger partial charge < -0.3 is 14.9 Å². The Morgan fingerprint density at radius 1 is 1.16 bits per heavy atom. The van der Waals surface area contributed by atoms with E-state index in [-0.39, 0.29) is 17.9 Å². The zero-order valence-electron chi connectivity index (χ0n) is 10.5. The van der Waals surface area contributed by atoms with Crippen molar-refractivity contribution in [3.8, 4) is 22.6 Å². The number of rotatable bonds is 3. The smallest absolute Gasteiger partial charge is 0.310 e. The van der Waals surface area contributed by atoms with Crippen LogP contribution in [0.2, 0.25) is 0 Å². The molecule has 2 aromatic rings. The van der Waals surface area contributed by atoms with Gasteiger partial charge in [0.1, 0.15) is 11.5 Å². The van der Waals surface area contributed by atoms with Crippen LogP contribution in [0.4, 0.5) is 0 Å². The SMILES string of the molecule is COC(=O)Cc1cc(O)cc(O)c1-c1ccccc1. The molecule has 0 aromatic heterocycles. The molecule has 98 valence electrons. The summed E-state index contributed by atoms with van der Waals surface area (Å²) in [5.41, 5.74) is 1.83. The van der Waals surface area contributed by atoms with Crippen molar-refractivity contribution < 1.29 is 19.7 Å². The van der Waals surface area contributed by atoms with Crippen LogP contribution in [-0.4, -0.2) is 23.3 Å². The predicted molar refractivity (Wildman–Crippen MR) is 70.9 cm³/mol. The van der Waals surface area contributed by atoms with Crippen molar-refractivity contribution in [2.75, 3.05) is 7.11 Å². The number of ether oxygens (including phenoxy) is 1. The lowest BCUT2D eigenvalue weighted by Gasteiger charge is -2.12. The average molecular weight is 258 g/mol. The van der Waals surface area contributed by atoms with E-state index < -0.39 is 5.97 Å². The number of phenolic OH excluding ortho intramolecular Hbond substituents is 2. The maximum atomic E-state index is 11.4. The summed E-state index contributed by atoms with van der Waals surface area (Å²) >= 11 is 0. The van der Waals surface area contributed by atoms with E-state index in [1.54, 1.807) is 0 Å². The normalized spacial score (nSPS) is 10.2. The van der Waals surface area contributed by atoms with E-state index in [0.717, 1.165) is 5.56 Å². The van der Waals surface area contributed by atoms with Gasteiger partial charge in [-0.15, -0.1) is 0 Å². The van der Waals surface area contributed by atoms with Gasteiger partial charge in [-0.1, -0.05) is 30.3 Å². The molecule has 0 heterocycles. The Labute approximate surface area is 110 Å². The topological polar surface area (TPSA) is 66.8 Å². The highest BCUT2D eigenvalue weighted by Gasteiger charge is 2.15. The van der Waals surface area contributed by atoms with Gasteiger partial charge >= 0.3 is 5.97 Å². The quantitative estimate of drug-likeness (QED) is 0.830. The van der Waals surface area contributed by atoms with E-state index in [0.29, 0.717) is 11.1 Å². The monoisotopic (exact) mass is 258 g/mol. The third-order valence-electron chi connectivity index (χ3n) is 2.81. The molecule has 2 N–H and O–H groups in total. The summed E-state index contributed by atoms with van der Waals surface area (Å²) in [5.74, 6) is -0.580. The van der Waals surface area contributed by atoms with Crippen molar-refractivity contribution >= 4 is 5.97 Å². The minimum atomic E-state index is -0.429. The molecule has 0 saturated heterocycles. The molecule has 4 nitrogen and oxygen atoms in total. The number of phenols is 2. The van der Waals surface area contributed by atoms with Gasteiger partial charge in [0.15, 0.2) is 0 Å². The standard InChI is InChI=1S/C15H14O4/c1-19-14(18)8-11-7-12(16)9-13(17)15(11)10-5-3-2-4-6-10/h2-7,9,16-17H,8H2,1H3. The predicted octanol–water partition coefficient (Wildman–Crippen LogP) is 2.48. The van der Waals surface area contributed by atoms with Crippen LogP contribution >= 0.6 is 0 Å². The molecule has 0 spiro atoms. The van der Waals surface area contributed by atoms with Gasteiger partial charge in [0, 0.05) is 11.6 Å². The maximum Gasteiger partial charge on any atom is 0.310 e. The molecule has 0 unspecified atom stereocenters. The number of hydrogen-bond donors (Lipinski definition) is 2. The van der Waals surface area contributed by atoms with Gasteiger partial charge in [-0.2, -0.15) is 0 Å². The molecule has 0 radical (unpaired) electrons. The Hall–Kier alpha value is -2.49. The lowest BCUT2D eigenvalue weighted by atomic mass is 9.96. The third kappa shape index (κ3) is 2.85. The Morgan fingerprint density at radius 2 is 1.84 bits per heavy atom. The van der Waals surface area contributed by atoms with Crippen molar-refractivity contribution in [2.24, 2.45) is 0 Å². The maximum absolute atomic E-state index is 11.4. The molecule has 0 bridgehead atoms. The van der Waals surface area contributed by atoms with E-state index in [2.05, 4.69) is 4.74 Å². The first-order valence-electron chi connectivity index (χ1n) is 5.79. The first-order valence-corrected chi connectivity index (χ1v) is 5.79. The number of hydrogen-bond acceptors (Lipinski definition) is 4. The molecule has 19 heavy (non-hydrogen) atoms. The molecule has 0 amide bonds. The number of carbonyl (C=O) groups excluding carboxylic acids is 1. The molecule has 2 rings (SSSR count). The first kappa shape index (κ1) is 13.0. The highest BCUT2D eigenvalue weighted by molar-refractivity contribution is 5.81. The Bertz CT molecular complexity index is 591. The molecule has 0 fully saturated rings. The molecule has 0 atom stereocenters. The molecule has 0 aliphatic carbocycles. The van der Waals surface area contributed by atoms with E-state index in [4.69, 9.17) is 0 Å². The molecule has 2 aromatic carbocycles. The number of aromatic hydroxyl groups is 2. The summed E-state index contributed by atoms with van der Waals surface area (Å²) in [6, 6.07) is 11.9. The zero-order valence-corrected chi connectivity index (χ0v) is 10.5. The van der Waals surface area contributed by atoms with Crippen molar-refractivity contribution in [2.45, 2.75) is 6.42 Å². The van der Waals surface area contributed by atoms with E-state index in [1.165, 1.54) is 19.2 Å². The lowest BCUT2D eigenvalue weighted by Crippen LogP contribution is -2.05. The Kier molecular flexibility index (Phi) is 3.71. The lowest BCUT2D eigenvalue weighted by molar-refractivity contribution is -0.139. The van der Waals surface area contributed by atoms with Gasteiger partial charge in [-0.3, -0.25) is 4.79 Å². The van der Waals surface area contributed by atoms with Crippen LogP contribution in [0.3, 0.4) is 0 Å². The number of esters is 1. The van der Waals surface area contributed by atoms with E-state index >= 15 is 0 Å². The Morgan fingerprint density at radius 3 is 2.47 bits per heavy atom. The molecule has 0 aliphatic heterocycles. The summed E-state index contributed by atoms with van der Waals surface area (Å²) < 4.78 is 4.62. The minimum absolute atomic E-state index is 0.0112. The van der Waals surface area contributed by atoms with Gasteiger partial charge in [-0.05, 0) is 17.2 Å². The van der Waals surface area contributed by atoms with Crippen molar-refractivity contribution in [3.63, 3.8) is 0 Å². The number of methoxy groups -OCH3 is 1. The fourth-order valence-corrected chi connectivity index (χ4v) is 1.97. The van der Waals surface area contributed by atoms with Crippen LogP contribution in [0.1, 0.15) is 5.56 Å². The van der Waals surface area contributed by atoms with Crippen molar-refractivity contribution in [1.82, 2.24) is 0 Å². The fraction of sp³-hybridized carbons (Fsp3) is 0.133. The van der Waals surface area contributed by atoms with Crippen LogP contribution in [0.15, 0.2) is 42.5 Å². The van der Waals surface area contributed by atoms with E-state index in [9.17, 15) is 15.0 Å². The van der Waals surface area contributed by atoms with Crippen LogP contribution < -0.4 is 0 Å². The second kappa shape index (κ2) is 5.44. The molecular formula is C15H14O4. The first-order chi connectivity index (χ1) is 9.11. The van der Waals surface area contributed by atoms with Crippen molar-refractivity contribution in [3.05, 3.63) is 48.0 Å². The number of carbonyl (C=O) groups is 1. The van der Waals surface area contributed by atoms with Gasteiger partial charge in [-0.25, -0.2) is 0 Å². The van der Waals surface area contributed by atoms with E-state index in [1.807, 2.05) is 30.3 Å². The largest absolute Gasteiger partial charge is 0.508 e. The highest BCUT2D eigenvalue weighted by atomic mass is 16.5. The molecule has 0 saturated carbocycles. The molecule has 4 heteroatoms. The van der Waals surface area contributed by atoms with Crippen LogP contribution in [-0.2, 0) is 16.0 Å². The number of benzene rings is 2. The Balaban J connectivity index is 2.55. The molecule has 0 aliphatic rings. The van der Waals surface area contributed by atoms with Gasteiger partial charge in [0.25, 0.3) is 0 Å². The summed E-state index contributed by atoms with van der Waals surface area (Å²) in [6.45, 7) is 0. The summed E-state index contributed by atoms with van der Waals surface area (Å²) in [7, 11) is 1.30. The molecular weight excluding hydrogens is 244 g/mol. The average Bonchev–Trinajstić information content (AvgIpc) is 2.39. The second-order valence-corrected chi connectivity index (χ2v) is 4.12. The third-order valence-corrected chi connectivity index (χ3v) is 2.81. The van der Waals surface area contributed by atoms with Crippen LogP contribution in [0, 0.1) is 0 Å². The summed E-state index contributed by atoms with van der Waals surface area (Å²) in [4.78, 5) is 11.4. The summed E-state index contributed by atoms with van der Waals surface area (Å²) in [6.07, 6.45) is -0.0112. The van der Waals surface area contributed by atoms with Crippen LogP contribution in [0.5, 0.6) is 11.5 Å². The second-order valence-electron chi connectivity index (χ2n) is 4.12. The highest BCUT2D eigenvalue weighted by Crippen LogP contribution is 2.36.